The smallest absolute Gasteiger partial charge is 0.376 e. The lowest BCUT2D eigenvalue weighted by Crippen LogP contribution is -2.05. The molecule has 0 bridgehead atoms. The van der Waals surface area contributed by atoms with Gasteiger partial charge < -0.3 is 9.15 Å². The van der Waals surface area contributed by atoms with E-state index in [0.717, 1.165) is 12.8 Å². The molecule has 0 aliphatic heterocycles. The number of esters is 1. The first kappa shape index (κ1) is 14.3. The molecule has 1 aliphatic carbocycles. The van der Waals surface area contributed by atoms with Gasteiger partial charge in [0, 0.05) is 11.5 Å². The van der Waals surface area contributed by atoms with Gasteiger partial charge in [0.2, 0.25) is 11.7 Å². The van der Waals surface area contributed by atoms with Crippen LogP contribution >= 0.6 is 15.9 Å². The van der Waals surface area contributed by atoms with Gasteiger partial charge in [0.25, 0.3) is 0 Å². The van der Waals surface area contributed by atoms with Crippen LogP contribution in [0.2, 0.25) is 0 Å². The van der Waals surface area contributed by atoms with Crippen molar-refractivity contribution >= 4 is 21.9 Å². The molecule has 21 heavy (non-hydrogen) atoms. The van der Waals surface area contributed by atoms with Crippen molar-refractivity contribution in [2.45, 2.75) is 25.7 Å². The fraction of sp³-hybridized carbons (Fsp3) is 0.333. The molecule has 1 saturated carbocycles. The lowest BCUT2D eigenvalue weighted by molar-refractivity contribution is 0.0489. The maximum absolute atomic E-state index is 13.3. The van der Waals surface area contributed by atoms with Crippen LogP contribution in [0.5, 0.6) is 0 Å². The standard InChI is InChI=1S/C15H13BrFNO3/c1-2-20-15(19)13-12(8-3-4-8)18-14(21-13)9-5-6-11(17)10(16)7-9/h5-8H,2-4H2,1H3. The maximum Gasteiger partial charge on any atom is 0.376 e. The summed E-state index contributed by atoms with van der Waals surface area (Å²) in [7, 11) is 0. The summed E-state index contributed by atoms with van der Waals surface area (Å²) in [5.41, 5.74) is 1.25. The summed E-state index contributed by atoms with van der Waals surface area (Å²) < 4.78 is 24.2. The van der Waals surface area contributed by atoms with Gasteiger partial charge in [0.15, 0.2) is 0 Å². The number of halogens is 2. The van der Waals surface area contributed by atoms with E-state index in [2.05, 4.69) is 20.9 Å². The van der Waals surface area contributed by atoms with Crippen molar-refractivity contribution in [3.05, 3.63) is 39.9 Å². The highest BCUT2D eigenvalue weighted by Crippen LogP contribution is 2.42. The number of carbonyl (C=O) groups excluding carboxylic acids is 1. The average molecular weight is 354 g/mol. The zero-order valence-electron chi connectivity index (χ0n) is 11.4. The number of benzene rings is 1. The maximum atomic E-state index is 13.3. The molecule has 1 aromatic carbocycles. The number of carbonyl (C=O) groups is 1. The summed E-state index contributed by atoms with van der Waals surface area (Å²) in [6.07, 6.45) is 1.98. The molecule has 0 N–H and O–H groups in total. The molecule has 0 spiro atoms. The summed E-state index contributed by atoms with van der Waals surface area (Å²) in [5, 5.41) is 0. The number of aromatic nitrogens is 1. The van der Waals surface area contributed by atoms with Crippen LogP contribution in [0.3, 0.4) is 0 Å². The van der Waals surface area contributed by atoms with Crippen molar-refractivity contribution in [3.8, 4) is 11.5 Å². The molecule has 1 aromatic heterocycles. The van der Waals surface area contributed by atoms with Crippen LogP contribution in [0.25, 0.3) is 11.5 Å². The highest BCUT2D eigenvalue weighted by Gasteiger charge is 2.34. The number of rotatable bonds is 4. The zero-order valence-corrected chi connectivity index (χ0v) is 12.9. The van der Waals surface area contributed by atoms with Gasteiger partial charge in [-0.25, -0.2) is 14.2 Å². The second-order valence-corrected chi connectivity index (χ2v) is 5.71. The number of hydrogen-bond acceptors (Lipinski definition) is 4. The van der Waals surface area contributed by atoms with E-state index in [1.165, 1.54) is 6.07 Å². The van der Waals surface area contributed by atoms with Crippen LogP contribution in [0.4, 0.5) is 4.39 Å². The van der Waals surface area contributed by atoms with Crippen LogP contribution < -0.4 is 0 Å². The van der Waals surface area contributed by atoms with Crippen molar-refractivity contribution in [3.63, 3.8) is 0 Å². The molecule has 0 atom stereocenters. The largest absolute Gasteiger partial charge is 0.460 e. The Hall–Kier alpha value is -1.69. The molecule has 0 saturated heterocycles. The van der Waals surface area contributed by atoms with Crippen molar-refractivity contribution in [1.29, 1.82) is 0 Å². The van der Waals surface area contributed by atoms with Gasteiger partial charge >= 0.3 is 5.97 Å². The van der Waals surface area contributed by atoms with Crippen LogP contribution in [0, 0.1) is 5.82 Å². The molecule has 110 valence electrons. The molecule has 0 amide bonds. The first-order valence-electron chi connectivity index (χ1n) is 6.73. The van der Waals surface area contributed by atoms with E-state index in [9.17, 15) is 9.18 Å². The Morgan fingerprint density at radius 1 is 1.52 bits per heavy atom. The molecule has 1 fully saturated rings. The monoisotopic (exact) mass is 353 g/mol. The van der Waals surface area contributed by atoms with Gasteiger partial charge in [-0.2, -0.15) is 0 Å². The normalized spacial score (nSPS) is 14.2. The molecule has 3 rings (SSSR count). The Morgan fingerprint density at radius 3 is 2.90 bits per heavy atom. The van der Waals surface area contributed by atoms with Crippen LogP contribution in [0.1, 0.15) is 41.9 Å². The number of nitrogens with zero attached hydrogens (tertiary/aromatic N) is 1. The molecule has 1 aliphatic rings. The number of hydrogen-bond donors (Lipinski definition) is 0. The van der Waals surface area contributed by atoms with Gasteiger partial charge in [-0.05, 0) is 53.9 Å². The van der Waals surface area contributed by atoms with E-state index >= 15 is 0 Å². The van der Waals surface area contributed by atoms with Gasteiger partial charge in [-0.1, -0.05) is 0 Å². The van der Waals surface area contributed by atoms with E-state index in [4.69, 9.17) is 9.15 Å². The van der Waals surface area contributed by atoms with Gasteiger partial charge in [0.05, 0.1) is 16.8 Å². The molecule has 1 heterocycles. The molecule has 0 radical (unpaired) electrons. The third-order valence-electron chi connectivity index (χ3n) is 3.24. The molecule has 6 heteroatoms. The van der Waals surface area contributed by atoms with E-state index in [1.54, 1.807) is 19.1 Å². The zero-order chi connectivity index (χ0) is 15.0. The minimum Gasteiger partial charge on any atom is -0.460 e. The van der Waals surface area contributed by atoms with Gasteiger partial charge in [-0.3, -0.25) is 0 Å². The van der Waals surface area contributed by atoms with Crippen molar-refractivity contribution in [2.24, 2.45) is 0 Å². The molecule has 4 nitrogen and oxygen atoms in total. The van der Waals surface area contributed by atoms with E-state index in [0.29, 0.717) is 21.6 Å². The molecule has 2 aromatic rings. The molecular formula is C15H13BrFNO3. The summed E-state index contributed by atoms with van der Waals surface area (Å²) >= 11 is 3.13. The predicted molar refractivity (Wildman–Crippen MR) is 77.5 cm³/mol. The van der Waals surface area contributed by atoms with Crippen LogP contribution in [-0.2, 0) is 4.74 Å². The van der Waals surface area contributed by atoms with Crippen LogP contribution in [-0.4, -0.2) is 17.6 Å². The van der Waals surface area contributed by atoms with E-state index < -0.39 is 5.97 Å². The minimum absolute atomic E-state index is 0.162. The van der Waals surface area contributed by atoms with Crippen molar-refractivity contribution in [2.75, 3.05) is 6.61 Å². The van der Waals surface area contributed by atoms with Crippen molar-refractivity contribution in [1.82, 2.24) is 4.98 Å². The summed E-state index contributed by atoms with van der Waals surface area (Å²) in [5.74, 6) is -0.140. The highest BCUT2D eigenvalue weighted by atomic mass is 79.9. The van der Waals surface area contributed by atoms with E-state index in [1.807, 2.05) is 0 Å². The SMILES string of the molecule is CCOC(=O)c1oc(-c2ccc(F)c(Br)c2)nc1C1CC1. The summed E-state index contributed by atoms with van der Waals surface area (Å²) in [6.45, 7) is 2.02. The summed E-state index contributed by atoms with van der Waals surface area (Å²) in [4.78, 5) is 16.3. The summed E-state index contributed by atoms with van der Waals surface area (Å²) in [6, 6.07) is 4.47. The fourth-order valence-corrected chi connectivity index (χ4v) is 2.44. The Balaban J connectivity index is 2.01. The van der Waals surface area contributed by atoms with E-state index in [-0.39, 0.29) is 24.1 Å². The van der Waals surface area contributed by atoms with Crippen molar-refractivity contribution < 1.29 is 18.3 Å². The number of oxazole rings is 1. The van der Waals surface area contributed by atoms with Gasteiger partial charge in [-0.15, -0.1) is 0 Å². The molecule has 0 unspecified atom stereocenters. The quantitative estimate of drug-likeness (QED) is 0.769. The molecular weight excluding hydrogens is 341 g/mol. The third-order valence-corrected chi connectivity index (χ3v) is 3.85. The lowest BCUT2D eigenvalue weighted by atomic mass is 10.2. The Bertz CT molecular complexity index is 694. The fourth-order valence-electron chi connectivity index (χ4n) is 2.06. The first-order chi connectivity index (χ1) is 10.1. The third kappa shape index (κ3) is 2.85. The van der Waals surface area contributed by atoms with Crippen LogP contribution in [0.15, 0.2) is 27.1 Å². The average Bonchev–Trinajstić information content (AvgIpc) is 3.21. The Kier molecular flexibility index (Phi) is 3.80. The highest BCUT2D eigenvalue weighted by molar-refractivity contribution is 9.10. The predicted octanol–water partition coefficient (Wildman–Crippen LogP) is 4.30. The topological polar surface area (TPSA) is 52.3 Å². The Morgan fingerprint density at radius 2 is 2.29 bits per heavy atom. The van der Waals surface area contributed by atoms with Gasteiger partial charge in [0.1, 0.15) is 5.82 Å². The Labute approximate surface area is 129 Å². The second kappa shape index (κ2) is 5.60. The minimum atomic E-state index is -0.501. The lowest BCUT2D eigenvalue weighted by Gasteiger charge is -1.99. The first-order valence-corrected chi connectivity index (χ1v) is 7.52. The number of ether oxygens (including phenoxy) is 1. The second-order valence-electron chi connectivity index (χ2n) is 4.86.